The van der Waals surface area contributed by atoms with Crippen LogP contribution in [0.25, 0.3) is 0 Å². The molecule has 2 saturated heterocycles. The summed E-state index contributed by atoms with van der Waals surface area (Å²) in [6.07, 6.45) is -10.8. The first-order chi connectivity index (χ1) is 29.2. The molecule has 18 heteroatoms. The number of hydrogen-bond acceptors (Lipinski definition) is 18. The molecular weight excluding hydrogens is 810 g/mol. The summed E-state index contributed by atoms with van der Waals surface area (Å²) in [4.78, 5) is 31.8. The number of aryl methyl sites for hydroxylation is 1. The van der Waals surface area contributed by atoms with Gasteiger partial charge in [-0.15, -0.1) is 0 Å². The Morgan fingerprint density at radius 2 is 1.69 bits per heavy atom. The maximum atomic E-state index is 13.4. The smallest absolute Gasteiger partial charge is 0.308 e. The molecule has 3 aliphatic heterocycles. The van der Waals surface area contributed by atoms with Crippen molar-refractivity contribution in [2.24, 2.45) is 11.8 Å². The Hall–Kier alpha value is -2.85. The summed E-state index contributed by atoms with van der Waals surface area (Å²) in [6, 6.07) is 4.25. The first kappa shape index (κ1) is 51.8. The lowest BCUT2D eigenvalue weighted by Gasteiger charge is -2.50. The number of nitrogens with zero attached hydrogens (tertiary/aromatic N) is 2. The summed E-state index contributed by atoms with van der Waals surface area (Å²) in [5.41, 5.74) is -0.706. The van der Waals surface area contributed by atoms with Crippen LogP contribution in [-0.4, -0.2) is 178 Å². The number of rotatable bonds is 12. The van der Waals surface area contributed by atoms with E-state index in [0.717, 1.165) is 5.69 Å². The number of ether oxygens (including phenoxy) is 7. The number of carbonyl (C=O) groups excluding carboxylic acids is 2. The maximum Gasteiger partial charge on any atom is 0.308 e. The maximum absolute atomic E-state index is 13.4. The van der Waals surface area contributed by atoms with Crippen molar-refractivity contribution in [1.82, 2.24) is 9.88 Å². The molecule has 18 atom stereocenters. The van der Waals surface area contributed by atoms with Gasteiger partial charge in [0, 0.05) is 44.7 Å². The molecule has 0 saturated carbocycles. The average Bonchev–Trinajstić information content (AvgIpc) is 3.18. The van der Waals surface area contributed by atoms with Gasteiger partial charge in [-0.2, -0.15) is 0 Å². The highest BCUT2D eigenvalue weighted by atomic mass is 16.7. The molecule has 4 rings (SSSR count). The summed E-state index contributed by atoms with van der Waals surface area (Å²) in [5, 5.41) is 71.4. The van der Waals surface area contributed by atoms with E-state index in [9.17, 15) is 40.2 Å². The quantitative estimate of drug-likeness (QED) is 0.116. The molecule has 62 heavy (non-hydrogen) atoms. The normalized spacial score (nSPS) is 41.0. The van der Waals surface area contributed by atoms with E-state index >= 15 is 0 Å². The van der Waals surface area contributed by atoms with E-state index in [0.29, 0.717) is 5.82 Å². The fourth-order valence-electron chi connectivity index (χ4n) is 8.91. The third-order valence-corrected chi connectivity index (χ3v) is 12.1. The average molecular weight is 884 g/mol. The molecule has 0 spiro atoms. The Morgan fingerprint density at radius 1 is 0.984 bits per heavy atom. The van der Waals surface area contributed by atoms with Gasteiger partial charge < -0.3 is 74.0 Å². The van der Waals surface area contributed by atoms with Crippen LogP contribution < -0.4 is 5.32 Å². The summed E-state index contributed by atoms with van der Waals surface area (Å²) < 4.78 is 42.6. The van der Waals surface area contributed by atoms with Crippen molar-refractivity contribution in [3.63, 3.8) is 0 Å². The molecule has 0 unspecified atom stereocenters. The highest BCUT2D eigenvalue weighted by molar-refractivity contribution is 5.70. The van der Waals surface area contributed by atoms with Crippen molar-refractivity contribution < 1.29 is 73.4 Å². The van der Waals surface area contributed by atoms with Crippen LogP contribution in [-0.2, 0) is 42.7 Å². The third kappa shape index (κ3) is 13.8. The fourth-order valence-corrected chi connectivity index (χ4v) is 8.91. The van der Waals surface area contributed by atoms with Gasteiger partial charge in [-0.05, 0) is 85.5 Å². The van der Waals surface area contributed by atoms with Crippen LogP contribution in [0.3, 0.4) is 0 Å². The van der Waals surface area contributed by atoms with Crippen LogP contribution >= 0.6 is 0 Å². The number of aliphatic hydroxyl groups excluding tert-OH is 5. The number of nitrogens with one attached hydrogen (secondary N) is 1. The Bertz CT molecular complexity index is 1590. The summed E-state index contributed by atoms with van der Waals surface area (Å²) in [6.45, 7) is 11.6. The topological polar surface area (TPSA) is 248 Å². The molecule has 4 heterocycles. The summed E-state index contributed by atoms with van der Waals surface area (Å²) in [5.74, 6) is -1.89. The Kier molecular flexibility index (Phi) is 19.5. The number of aromatic nitrogens is 1. The van der Waals surface area contributed by atoms with E-state index in [1.807, 2.05) is 19.1 Å². The number of pyridine rings is 1. The summed E-state index contributed by atoms with van der Waals surface area (Å²) in [7, 11) is 4.84. The van der Waals surface area contributed by atoms with Gasteiger partial charge in [-0.3, -0.25) is 9.59 Å². The van der Waals surface area contributed by atoms with Crippen molar-refractivity contribution in [3.05, 3.63) is 36.0 Å². The summed E-state index contributed by atoms with van der Waals surface area (Å²) >= 11 is 0. The van der Waals surface area contributed by atoms with Crippen molar-refractivity contribution in [2.75, 3.05) is 33.1 Å². The number of methoxy groups -OCH3 is 1. The van der Waals surface area contributed by atoms with Crippen LogP contribution in [0.5, 0.6) is 0 Å². The Labute approximate surface area is 365 Å². The number of hydrogen-bond donors (Lipinski definition) is 7. The van der Waals surface area contributed by atoms with Gasteiger partial charge in [-0.1, -0.05) is 32.1 Å². The molecule has 0 aliphatic carbocycles. The van der Waals surface area contributed by atoms with Crippen molar-refractivity contribution in [3.8, 4) is 0 Å². The van der Waals surface area contributed by atoms with Gasteiger partial charge in [0.15, 0.2) is 18.7 Å². The van der Waals surface area contributed by atoms with Crippen molar-refractivity contribution >= 4 is 17.8 Å². The van der Waals surface area contributed by atoms with Gasteiger partial charge in [0.2, 0.25) is 0 Å². The van der Waals surface area contributed by atoms with E-state index in [2.05, 4.69) is 10.3 Å². The van der Waals surface area contributed by atoms with Gasteiger partial charge >= 0.3 is 11.9 Å². The zero-order valence-electron chi connectivity index (χ0n) is 37.9. The molecule has 0 radical (unpaired) electrons. The fraction of sp³-hybridized carbons (Fsp3) is 0.795. The van der Waals surface area contributed by atoms with Crippen LogP contribution in [0, 0.1) is 18.8 Å². The number of anilines is 1. The zero-order chi connectivity index (χ0) is 46.1. The minimum Gasteiger partial charge on any atom is -0.462 e. The lowest BCUT2D eigenvalue weighted by Crippen LogP contribution is -2.66. The van der Waals surface area contributed by atoms with Gasteiger partial charge in [0.05, 0.1) is 49.1 Å². The van der Waals surface area contributed by atoms with Gasteiger partial charge in [0.1, 0.15) is 35.8 Å². The Morgan fingerprint density at radius 3 is 2.31 bits per heavy atom. The largest absolute Gasteiger partial charge is 0.462 e. The molecular formula is C44H73N3O15. The predicted molar refractivity (Wildman–Crippen MR) is 225 cm³/mol. The molecule has 0 amide bonds. The molecule has 1 aromatic heterocycles. The second kappa shape index (κ2) is 23.4. The molecule has 1 aromatic rings. The highest BCUT2D eigenvalue weighted by Gasteiger charge is 2.52. The van der Waals surface area contributed by atoms with Crippen LogP contribution in [0.1, 0.15) is 85.8 Å². The molecule has 0 aromatic carbocycles. The van der Waals surface area contributed by atoms with Crippen LogP contribution in [0.4, 0.5) is 5.82 Å². The number of likely N-dealkylation sites (N-methyl/N-ethyl adjacent to an activating group) is 1. The Balaban J connectivity index is 1.61. The minimum atomic E-state index is -1.49. The van der Waals surface area contributed by atoms with E-state index in [4.69, 9.17) is 33.2 Å². The molecule has 354 valence electrons. The first-order valence-corrected chi connectivity index (χ1v) is 21.8. The predicted octanol–water partition coefficient (Wildman–Crippen LogP) is 1.59. The van der Waals surface area contributed by atoms with E-state index < -0.39 is 128 Å². The van der Waals surface area contributed by atoms with Crippen LogP contribution in [0.15, 0.2) is 30.4 Å². The van der Waals surface area contributed by atoms with E-state index in [1.165, 1.54) is 13.2 Å². The molecule has 18 nitrogen and oxygen atoms in total. The molecule has 0 bridgehead atoms. The number of cyclic esters (lactones) is 1. The lowest BCUT2D eigenvalue weighted by atomic mass is 9.81. The molecule has 2 fully saturated rings. The SMILES string of the molecule is CCC(=O)O[C@H]1[C@H](C)O[C@@H](O[C@H]2[C@H](N(C)C)[C@@H](O)[C@H](O[C@H]3[C@@H](CCO)C[C@@H](C)[C@@H](O)[C@H](O)/C=C\[C@H](Nc4cccc(C)n4)C[C@@H](C)OC(=O)C[C@@H](O)[C@@H]3OC)O[C@@H]2C)C[C@@]1(C)O. The molecule has 7 N–H and O–H groups in total. The third-order valence-electron chi connectivity index (χ3n) is 12.1. The van der Waals surface area contributed by atoms with Crippen molar-refractivity contribution in [1.29, 1.82) is 0 Å². The second-order valence-electron chi connectivity index (χ2n) is 17.7. The lowest BCUT2D eigenvalue weighted by molar-refractivity contribution is -0.344. The van der Waals surface area contributed by atoms with Gasteiger partial charge in [0.25, 0.3) is 0 Å². The van der Waals surface area contributed by atoms with Gasteiger partial charge in [-0.25, -0.2) is 4.98 Å². The first-order valence-electron chi connectivity index (χ1n) is 21.8. The van der Waals surface area contributed by atoms with Crippen LogP contribution in [0.2, 0.25) is 0 Å². The molecule has 3 aliphatic rings. The number of esters is 2. The standard InChI is InChI=1S/C44H73N3O15/c1-11-33(51)60-42-27(6)58-35(22-44(42,7)55)61-39-26(5)59-43(38(54)36(39)47(8)9)62-40-28(17-18-48)19-23(2)37(53)30(49)16-15-29(46-32-14-12-13-24(3)45-32)20-25(4)57-34(52)21-31(50)41(40)56-10/h12-16,23,25-31,35-43,48-50,53-55H,11,17-22H2,1-10H3,(H,45,46)/b16-15-/t23-,25-,26-,27+,28+,29+,30-,31-,35+,36-,37-,38-,39-,40+,41+,42+,43+,44-/m1/s1. The number of carbonyl (C=O) groups is 2. The monoisotopic (exact) mass is 884 g/mol. The zero-order valence-corrected chi connectivity index (χ0v) is 37.9. The minimum absolute atomic E-state index is 0.0468. The number of aliphatic hydroxyl groups is 6. The van der Waals surface area contributed by atoms with E-state index in [1.54, 1.807) is 72.7 Å². The highest BCUT2D eigenvalue weighted by Crippen LogP contribution is 2.38. The van der Waals surface area contributed by atoms with E-state index in [-0.39, 0.29) is 38.7 Å². The van der Waals surface area contributed by atoms with Crippen molar-refractivity contribution in [2.45, 2.75) is 184 Å². The second-order valence-corrected chi connectivity index (χ2v) is 17.7.